The van der Waals surface area contributed by atoms with Gasteiger partial charge in [0.2, 0.25) is 0 Å². The number of benzene rings is 1. The second-order valence-electron chi connectivity index (χ2n) is 4.02. The van der Waals surface area contributed by atoms with E-state index in [2.05, 4.69) is 11.8 Å². The molecule has 1 aromatic carbocycles. The molecule has 0 aliphatic carbocycles. The summed E-state index contributed by atoms with van der Waals surface area (Å²) in [6.07, 6.45) is 2.01. The molecule has 1 aromatic rings. The molecule has 0 radical (unpaired) electrons. The average Bonchev–Trinajstić information content (AvgIpc) is 2.41. The minimum Gasteiger partial charge on any atom is -0.404 e. The molecular formula is C14H14F3N3. The number of nitrogen functional groups attached to an aromatic ring is 1. The van der Waals surface area contributed by atoms with Crippen molar-refractivity contribution in [3.05, 3.63) is 53.0 Å². The number of halogens is 3. The molecule has 6 N–H and O–H groups in total. The quantitative estimate of drug-likeness (QED) is 0.440. The Hall–Kier alpha value is -2.39. The molecule has 0 heterocycles. The van der Waals surface area contributed by atoms with Gasteiger partial charge in [-0.1, -0.05) is 11.8 Å². The molecule has 0 saturated carbocycles. The molecule has 106 valence electrons. The number of hydrogen-bond acceptors (Lipinski definition) is 3. The molecule has 3 nitrogen and oxygen atoms in total. The highest BCUT2D eigenvalue weighted by Crippen LogP contribution is 2.17. The summed E-state index contributed by atoms with van der Waals surface area (Å²) in [7, 11) is 0. The van der Waals surface area contributed by atoms with E-state index in [4.69, 9.17) is 17.2 Å². The Kier molecular flexibility index (Phi) is 5.23. The number of rotatable bonds is 2. The SMILES string of the molecule is CC(N)/C(F)=C\C(C#Cc1c(F)ccc(N)c1F)=C/N. The summed E-state index contributed by atoms with van der Waals surface area (Å²) < 4.78 is 40.3. The van der Waals surface area contributed by atoms with Gasteiger partial charge in [-0.25, -0.2) is 13.2 Å². The van der Waals surface area contributed by atoms with Gasteiger partial charge in [0.15, 0.2) is 5.82 Å². The summed E-state index contributed by atoms with van der Waals surface area (Å²) in [6, 6.07) is 1.25. The molecule has 1 unspecified atom stereocenters. The molecule has 0 aliphatic rings. The Morgan fingerprint density at radius 3 is 2.55 bits per heavy atom. The first-order chi connectivity index (χ1) is 9.36. The third-order valence-electron chi connectivity index (χ3n) is 2.36. The van der Waals surface area contributed by atoms with Crippen molar-refractivity contribution >= 4 is 5.69 Å². The van der Waals surface area contributed by atoms with E-state index in [-0.39, 0.29) is 11.3 Å². The highest BCUT2D eigenvalue weighted by molar-refractivity contribution is 5.52. The Labute approximate surface area is 114 Å². The zero-order valence-corrected chi connectivity index (χ0v) is 10.8. The van der Waals surface area contributed by atoms with Gasteiger partial charge in [-0.15, -0.1) is 0 Å². The maximum absolute atomic E-state index is 13.6. The van der Waals surface area contributed by atoms with Crippen LogP contribution in [0.1, 0.15) is 12.5 Å². The van der Waals surface area contributed by atoms with Crippen molar-refractivity contribution in [3.8, 4) is 11.8 Å². The summed E-state index contributed by atoms with van der Waals surface area (Å²) in [5.41, 5.74) is 15.2. The number of nitrogens with two attached hydrogens (primary N) is 3. The maximum Gasteiger partial charge on any atom is 0.164 e. The summed E-state index contributed by atoms with van der Waals surface area (Å²) >= 11 is 0. The lowest BCUT2D eigenvalue weighted by Crippen LogP contribution is -2.15. The van der Waals surface area contributed by atoms with Crippen LogP contribution in [0.4, 0.5) is 18.9 Å². The molecule has 1 rings (SSSR count). The van der Waals surface area contributed by atoms with Crippen LogP contribution in [-0.2, 0) is 0 Å². The third kappa shape index (κ3) is 3.80. The highest BCUT2D eigenvalue weighted by Gasteiger charge is 2.09. The van der Waals surface area contributed by atoms with Gasteiger partial charge in [-0.3, -0.25) is 0 Å². The van der Waals surface area contributed by atoms with Gasteiger partial charge >= 0.3 is 0 Å². The van der Waals surface area contributed by atoms with Crippen LogP contribution < -0.4 is 17.2 Å². The van der Waals surface area contributed by atoms with Crippen LogP contribution in [0.2, 0.25) is 0 Å². The molecule has 0 aromatic heterocycles. The lowest BCUT2D eigenvalue weighted by atomic mass is 10.1. The molecule has 0 amide bonds. The molecule has 20 heavy (non-hydrogen) atoms. The van der Waals surface area contributed by atoms with Crippen LogP contribution in [0.5, 0.6) is 0 Å². The van der Waals surface area contributed by atoms with Crippen LogP contribution in [0, 0.1) is 23.5 Å². The van der Waals surface area contributed by atoms with Crippen LogP contribution in [0.15, 0.2) is 35.8 Å². The zero-order chi connectivity index (χ0) is 15.3. The minimum absolute atomic E-state index is 0.0426. The molecule has 6 heteroatoms. The number of allylic oxidation sites excluding steroid dienone is 2. The molecule has 0 fully saturated rings. The monoisotopic (exact) mass is 281 g/mol. The van der Waals surface area contributed by atoms with Crippen molar-refractivity contribution in [1.29, 1.82) is 0 Å². The van der Waals surface area contributed by atoms with E-state index < -0.39 is 29.1 Å². The largest absolute Gasteiger partial charge is 0.404 e. The third-order valence-corrected chi connectivity index (χ3v) is 2.36. The fourth-order valence-corrected chi connectivity index (χ4v) is 1.22. The average molecular weight is 281 g/mol. The van der Waals surface area contributed by atoms with E-state index in [1.54, 1.807) is 0 Å². The molecular weight excluding hydrogens is 267 g/mol. The van der Waals surface area contributed by atoms with Crippen LogP contribution >= 0.6 is 0 Å². The first-order valence-corrected chi connectivity index (χ1v) is 5.67. The lowest BCUT2D eigenvalue weighted by molar-refractivity contribution is 0.560. The van der Waals surface area contributed by atoms with E-state index in [0.717, 1.165) is 24.4 Å². The van der Waals surface area contributed by atoms with Gasteiger partial charge in [-0.2, -0.15) is 0 Å². The van der Waals surface area contributed by atoms with E-state index in [0.29, 0.717) is 0 Å². The normalized spacial score (nSPS) is 13.7. The van der Waals surface area contributed by atoms with Crippen molar-refractivity contribution in [2.75, 3.05) is 5.73 Å². The predicted octanol–water partition coefficient (Wildman–Crippen LogP) is 1.94. The molecule has 1 atom stereocenters. The second-order valence-corrected chi connectivity index (χ2v) is 4.02. The van der Waals surface area contributed by atoms with Gasteiger partial charge in [0.1, 0.15) is 11.6 Å². The van der Waals surface area contributed by atoms with Crippen molar-refractivity contribution in [1.82, 2.24) is 0 Å². The fourth-order valence-electron chi connectivity index (χ4n) is 1.22. The van der Waals surface area contributed by atoms with Gasteiger partial charge in [0.25, 0.3) is 0 Å². The molecule has 0 bridgehead atoms. The van der Waals surface area contributed by atoms with Crippen molar-refractivity contribution in [3.63, 3.8) is 0 Å². The Balaban J connectivity index is 3.17. The van der Waals surface area contributed by atoms with E-state index >= 15 is 0 Å². The zero-order valence-electron chi connectivity index (χ0n) is 10.8. The Morgan fingerprint density at radius 1 is 1.35 bits per heavy atom. The minimum atomic E-state index is -0.967. The van der Waals surface area contributed by atoms with Gasteiger partial charge in [0, 0.05) is 11.8 Å². The smallest absolute Gasteiger partial charge is 0.164 e. The summed E-state index contributed by atoms with van der Waals surface area (Å²) in [4.78, 5) is 0. The van der Waals surface area contributed by atoms with Gasteiger partial charge < -0.3 is 17.2 Å². The fraction of sp³-hybridized carbons (Fsp3) is 0.143. The van der Waals surface area contributed by atoms with Crippen molar-refractivity contribution < 1.29 is 13.2 Å². The molecule has 0 aliphatic heterocycles. The second kappa shape index (κ2) is 6.68. The number of hydrogen-bond donors (Lipinski definition) is 3. The van der Waals surface area contributed by atoms with Gasteiger partial charge in [0.05, 0.1) is 17.3 Å². The predicted molar refractivity (Wildman–Crippen MR) is 72.8 cm³/mol. The topological polar surface area (TPSA) is 78.1 Å². The highest BCUT2D eigenvalue weighted by atomic mass is 19.1. The first-order valence-electron chi connectivity index (χ1n) is 5.67. The maximum atomic E-state index is 13.6. The summed E-state index contributed by atoms with van der Waals surface area (Å²) in [5, 5.41) is 0. The van der Waals surface area contributed by atoms with Crippen LogP contribution in [0.3, 0.4) is 0 Å². The van der Waals surface area contributed by atoms with E-state index in [9.17, 15) is 13.2 Å². The van der Waals surface area contributed by atoms with Gasteiger partial charge in [-0.05, 0) is 25.1 Å². The van der Waals surface area contributed by atoms with Crippen molar-refractivity contribution in [2.45, 2.75) is 13.0 Å². The van der Waals surface area contributed by atoms with E-state index in [1.165, 1.54) is 6.92 Å². The first kappa shape index (κ1) is 15.7. The molecule has 0 saturated heterocycles. The molecule has 0 spiro atoms. The lowest BCUT2D eigenvalue weighted by Gasteiger charge is -2.01. The van der Waals surface area contributed by atoms with Crippen LogP contribution in [0.25, 0.3) is 0 Å². The summed E-state index contributed by atoms with van der Waals surface area (Å²) in [6.45, 7) is 1.44. The Bertz CT molecular complexity index is 623. The van der Waals surface area contributed by atoms with Crippen LogP contribution in [-0.4, -0.2) is 6.04 Å². The summed E-state index contributed by atoms with van der Waals surface area (Å²) in [5.74, 6) is 2.12. The van der Waals surface area contributed by atoms with E-state index in [1.807, 2.05) is 0 Å². The Morgan fingerprint density at radius 2 is 2.00 bits per heavy atom. The van der Waals surface area contributed by atoms with Crippen molar-refractivity contribution in [2.24, 2.45) is 11.5 Å². The number of anilines is 1. The standard InChI is InChI=1S/C14H14F3N3/c1-8(19)12(16)6-9(7-18)2-3-10-11(15)4-5-13(20)14(10)17/h4-8H,18-20H2,1H3/b9-7-,12-6+.